The van der Waals surface area contributed by atoms with Gasteiger partial charge in [-0.1, -0.05) is 24.8 Å². The van der Waals surface area contributed by atoms with Crippen molar-refractivity contribution in [1.29, 1.82) is 0 Å². The molecule has 0 bridgehead atoms. The van der Waals surface area contributed by atoms with Gasteiger partial charge >= 0.3 is 5.97 Å². The van der Waals surface area contributed by atoms with E-state index in [0.29, 0.717) is 10.9 Å². The highest BCUT2D eigenvalue weighted by Gasteiger charge is 2.60. The second-order valence-electron chi connectivity index (χ2n) is 7.23. The summed E-state index contributed by atoms with van der Waals surface area (Å²) in [6, 6.07) is 0.0222. The number of aliphatic hydroxyl groups excluding tert-OH is 1. The first kappa shape index (κ1) is 18.7. The molecule has 0 radical (unpaired) electrons. The largest absolute Gasteiger partial charge is 0.477 e. The standard InChI is InChI=1S/C18H21N3O4S2/c1-7-4-10(5-19-7)11-6-26-18(20-11)27-15-8(2)13-12(9(3)22)16(23)21(13)14(15)17(24)25/h4,6-9,12-13,19,22H,5H2,1-3H3,(H,24,25)/t7-,8+,9+,12?,13+/m0/s1. The number of nitrogens with one attached hydrogen (secondary N) is 1. The fourth-order valence-electron chi connectivity index (χ4n) is 4.07. The molecule has 5 atom stereocenters. The van der Waals surface area contributed by atoms with Gasteiger partial charge in [-0.3, -0.25) is 4.79 Å². The summed E-state index contributed by atoms with van der Waals surface area (Å²) in [5.41, 5.74) is 2.08. The lowest BCUT2D eigenvalue weighted by Crippen LogP contribution is -2.63. The van der Waals surface area contributed by atoms with E-state index in [9.17, 15) is 19.8 Å². The summed E-state index contributed by atoms with van der Waals surface area (Å²) >= 11 is 2.80. The molecule has 3 N–H and O–H groups in total. The van der Waals surface area contributed by atoms with E-state index in [-0.39, 0.29) is 23.6 Å². The number of fused-ring (bicyclic) bond motifs is 1. The first-order chi connectivity index (χ1) is 12.8. The predicted molar refractivity (Wildman–Crippen MR) is 103 cm³/mol. The third-order valence-corrected chi connectivity index (χ3v) is 7.61. The number of carbonyl (C=O) groups excluding carboxylic acids is 1. The quantitative estimate of drug-likeness (QED) is 0.639. The Balaban J connectivity index is 1.62. The summed E-state index contributed by atoms with van der Waals surface area (Å²) in [5, 5.41) is 24.9. The van der Waals surface area contributed by atoms with Crippen molar-refractivity contribution in [1.82, 2.24) is 15.2 Å². The van der Waals surface area contributed by atoms with Gasteiger partial charge in [0.25, 0.3) is 0 Å². The van der Waals surface area contributed by atoms with Gasteiger partial charge in [-0.25, -0.2) is 9.78 Å². The highest BCUT2D eigenvalue weighted by Crippen LogP contribution is 2.52. The van der Waals surface area contributed by atoms with Crippen LogP contribution in [0.15, 0.2) is 26.4 Å². The summed E-state index contributed by atoms with van der Waals surface area (Å²) in [6.07, 6.45) is 1.34. The van der Waals surface area contributed by atoms with E-state index in [1.807, 2.05) is 12.3 Å². The third kappa shape index (κ3) is 2.93. The molecule has 1 fully saturated rings. The summed E-state index contributed by atoms with van der Waals surface area (Å²) in [7, 11) is 0. The average Bonchev–Trinajstić information content (AvgIpc) is 3.27. The van der Waals surface area contributed by atoms with E-state index in [0.717, 1.165) is 22.2 Å². The molecule has 3 aliphatic rings. The maximum Gasteiger partial charge on any atom is 0.353 e. The number of carboxylic acids is 1. The molecule has 4 rings (SSSR count). The third-order valence-electron chi connectivity index (χ3n) is 5.39. The summed E-state index contributed by atoms with van der Waals surface area (Å²) in [5.74, 6) is -2.13. The molecule has 7 nitrogen and oxygen atoms in total. The Hall–Kier alpha value is -1.68. The molecule has 9 heteroatoms. The first-order valence-electron chi connectivity index (χ1n) is 8.86. The average molecular weight is 408 g/mol. The van der Waals surface area contributed by atoms with Crippen molar-refractivity contribution in [2.45, 2.75) is 43.3 Å². The molecule has 0 aliphatic carbocycles. The van der Waals surface area contributed by atoms with Gasteiger partial charge in [-0.15, -0.1) is 11.3 Å². The van der Waals surface area contributed by atoms with E-state index >= 15 is 0 Å². The number of hydrogen-bond acceptors (Lipinski definition) is 7. The Labute approximate surface area is 165 Å². The Morgan fingerprint density at radius 2 is 2.22 bits per heavy atom. The number of rotatable bonds is 5. The van der Waals surface area contributed by atoms with E-state index in [1.54, 1.807) is 6.92 Å². The van der Waals surface area contributed by atoms with E-state index < -0.39 is 18.0 Å². The summed E-state index contributed by atoms with van der Waals surface area (Å²) in [6.45, 7) is 6.35. The maximum atomic E-state index is 12.4. The number of β-lactam (4-membered cyclic amide) rings is 1. The number of aliphatic hydroxyl groups is 1. The van der Waals surface area contributed by atoms with Gasteiger partial charge in [-0.2, -0.15) is 0 Å². The van der Waals surface area contributed by atoms with Gasteiger partial charge < -0.3 is 20.4 Å². The molecule has 27 heavy (non-hydrogen) atoms. The number of thiazole rings is 1. The number of aromatic nitrogens is 1. The van der Waals surface area contributed by atoms with Crippen molar-refractivity contribution in [3.05, 3.63) is 27.8 Å². The van der Waals surface area contributed by atoms with Crippen molar-refractivity contribution in [3.8, 4) is 0 Å². The minimum Gasteiger partial charge on any atom is -0.477 e. The van der Waals surface area contributed by atoms with Crippen LogP contribution in [0.5, 0.6) is 0 Å². The molecule has 4 heterocycles. The highest BCUT2D eigenvalue weighted by atomic mass is 32.2. The molecule has 1 aromatic heterocycles. The van der Waals surface area contributed by atoms with Crippen molar-refractivity contribution in [2.75, 3.05) is 6.54 Å². The Kier molecular flexibility index (Phi) is 4.66. The lowest BCUT2D eigenvalue weighted by Gasteiger charge is -2.46. The van der Waals surface area contributed by atoms with E-state index in [1.165, 1.54) is 28.0 Å². The zero-order chi connectivity index (χ0) is 19.5. The highest BCUT2D eigenvalue weighted by molar-refractivity contribution is 8.04. The topological polar surface area (TPSA) is 103 Å². The molecule has 0 aromatic carbocycles. The normalized spacial score (nSPS) is 31.0. The number of nitrogens with zero attached hydrogens (tertiary/aromatic N) is 2. The molecule has 144 valence electrons. The second-order valence-corrected chi connectivity index (χ2v) is 9.38. The fraction of sp³-hybridized carbons (Fsp3) is 0.500. The van der Waals surface area contributed by atoms with Gasteiger partial charge in [0.2, 0.25) is 5.91 Å². The lowest BCUT2D eigenvalue weighted by molar-refractivity contribution is -0.163. The van der Waals surface area contributed by atoms with Gasteiger partial charge in [0.05, 0.1) is 23.8 Å². The smallest absolute Gasteiger partial charge is 0.353 e. The maximum absolute atomic E-state index is 12.4. The predicted octanol–water partition coefficient (Wildman–Crippen LogP) is 1.76. The number of carboxylic acid groups (broad SMARTS) is 1. The fourth-order valence-corrected chi connectivity index (χ4v) is 6.18. The van der Waals surface area contributed by atoms with Crippen LogP contribution in [0.25, 0.3) is 5.57 Å². The van der Waals surface area contributed by atoms with Crippen LogP contribution in [-0.4, -0.2) is 56.7 Å². The Morgan fingerprint density at radius 3 is 2.81 bits per heavy atom. The Morgan fingerprint density at radius 1 is 1.48 bits per heavy atom. The van der Waals surface area contributed by atoms with Crippen LogP contribution in [0, 0.1) is 11.8 Å². The van der Waals surface area contributed by atoms with Crippen LogP contribution in [0.4, 0.5) is 0 Å². The molecular formula is C18H21N3O4S2. The van der Waals surface area contributed by atoms with Crippen LogP contribution < -0.4 is 5.32 Å². The summed E-state index contributed by atoms with van der Waals surface area (Å²) < 4.78 is 0.759. The van der Waals surface area contributed by atoms with E-state index in [2.05, 4.69) is 23.3 Å². The monoisotopic (exact) mass is 407 g/mol. The SMILES string of the molecule is C[C@H]1C=C(c2csc(SC3=C(C(=O)O)N4C(=O)C([C@@H](C)O)[C@H]4[C@H]3C)n2)CN1. The number of aliphatic carboxylic acids is 1. The van der Waals surface area contributed by atoms with Crippen LogP contribution in [0.3, 0.4) is 0 Å². The number of hydrogen-bond donors (Lipinski definition) is 3. The second kappa shape index (κ2) is 6.73. The minimum absolute atomic E-state index is 0.0338. The number of carbonyl (C=O) groups is 2. The van der Waals surface area contributed by atoms with Crippen LogP contribution in [0.1, 0.15) is 26.5 Å². The lowest BCUT2D eigenvalue weighted by atomic mass is 9.79. The molecule has 0 saturated carbocycles. The van der Waals surface area contributed by atoms with Gasteiger partial charge in [0, 0.05) is 28.8 Å². The van der Waals surface area contributed by atoms with Gasteiger partial charge in [0.15, 0.2) is 4.34 Å². The van der Waals surface area contributed by atoms with Crippen molar-refractivity contribution in [2.24, 2.45) is 11.8 Å². The first-order valence-corrected chi connectivity index (χ1v) is 10.6. The van der Waals surface area contributed by atoms with Crippen molar-refractivity contribution in [3.63, 3.8) is 0 Å². The van der Waals surface area contributed by atoms with Crippen molar-refractivity contribution < 1.29 is 19.8 Å². The van der Waals surface area contributed by atoms with E-state index in [4.69, 9.17) is 0 Å². The number of amides is 1. The van der Waals surface area contributed by atoms with Gasteiger partial charge in [0.1, 0.15) is 5.70 Å². The molecule has 1 amide bonds. The van der Waals surface area contributed by atoms with Crippen LogP contribution in [0.2, 0.25) is 0 Å². The molecule has 1 aromatic rings. The number of thioether (sulfide) groups is 1. The minimum atomic E-state index is -1.11. The molecule has 3 aliphatic heterocycles. The summed E-state index contributed by atoms with van der Waals surface area (Å²) in [4.78, 5) is 30.9. The van der Waals surface area contributed by atoms with Crippen LogP contribution >= 0.6 is 23.1 Å². The molecule has 1 unspecified atom stereocenters. The molecule has 1 saturated heterocycles. The zero-order valence-corrected chi connectivity index (χ0v) is 16.8. The molecule has 0 spiro atoms. The zero-order valence-electron chi connectivity index (χ0n) is 15.2. The van der Waals surface area contributed by atoms with Gasteiger partial charge in [-0.05, 0) is 19.4 Å². The molecular weight excluding hydrogens is 386 g/mol. The van der Waals surface area contributed by atoms with Crippen LogP contribution in [-0.2, 0) is 9.59 Å². The van der Waals surface area contributed by atoms with Crippen molar-refractivity contribution >= 4 is 40.5 Å². The Bertz CT molecular complexity index is 876.